The highest BCUT2D eigenvalue weighted by molar-refractivity contribution is 5.67. The Morgan fingerprint density at radius 1 is 0.245 bits per heavy atom. The fourth-order valence-electron chi connectivity index (χ4n) is 7.39. The minimum atomic E-state index is -0.696. The summed E-state index contributed by atoms with van der Waals surface area (Å²) in [5, 5.41) is 35.5. The van der Waals surface area contributed by atoms with Gasteiger partial charge in [-0.1, -0.05) is 154 Å². The van der Waals surface area contributed by atoms with Crippen molar-refractivity contribution in [2.24, 2.45) is 5.41 Å². The van der Waals surface area contributed by atoms with E-state index in [1.165, 1.54) is 128 Å². The van der Waals surface area contributed by atoms with Crippen LogP contribution in [0.25, 0.3) is 0 Å². The van der Waals surface area contributed by atoms with Crippen LogP contribution in [-0.2, 0) is 19.2 Å². The highest BCUT2D eigenvalue weighted by Crippen LogP contribution is 2.42. The Morgan fingerprint density at radius 2 is 0.388 bits per heavy atom. The molecule has 0 fully saturated rings. The standard InChI is InChI=1S/C41H76O8/c42-37(43)29-21-13-5-1-9-17-25-33-41(34-26-18-10-2-6-14-22-30-38(44)45,35-27-19-11-3-7-15-23-31-39(46)47)36-28-20-12-4-8-16-24-32-40(48)49/h1-36H2,(H,42,43)(H,44,45)(H,46,47)(H,48,49). The predicted molar refractivity (Wildman–Crippen MR) is 199 cm³/mol. The van der Waals surface area contributed by atoms with E-state index in [1.54, 1.807) is 0 Å². The van der Waals surface area contributed by atoms with Gasteiger partial charge in [-0.05, 0) is 56.8 Å². The van der Waals surface area contributed by atoms with Crippen LogP contribution in [0, 0.1) is 5.41 Å². The summed E-state index contributed by atoms with van der Waals surface area (Å²) in [5.41, 5.74) is 0.395. The van der Waals surface area contributed by atoms with Crippen molar-refractivity contribution in [3.8, 4) is 0 Å². The summed E-state index contributed by atoms with van der Waals surface area (Å²) in [6.07, 6.45) is 37.8. The Balaban J connectivity index is 4.96. The first-order chi connectivity index (χ1) is 23.7. The number of unbranched alkanes of at least 4 members (excludes halogenated alkanes) is 24. The van der Waals surface area contributed by atoms with E-state index in [2.05, 4.69) is 0 Å². The second kappa shape index (κ2) is 34.3. The topological polar surface area (TPSA) is 149 Å². The molecular formula is C41H76O8. The maximum Gasteiger partial charge on any atom is 0.303 e. The van der Waals surface area contributed by atoms with Gasteiger partial charge in [0.1, 0.15) is 0 Å². The SMILES string of the molecule is O=C(O)CCCCCCCCCC(CCCCCCCCCC(=O)O)(CCCCCCCCCC(=O)O)CCCCCCCCCC(=O)O. The number of carbonyl (C=O) groups is 4. The van der Waals surface area contributed by atoms with E-state index in [1.807, 2.05) is 0 Å². The van der Waals surface area contributed by atoms with E-state index in [-0.39, 0.29) is 25.7 Å². The molecule has 0 heterocycles. The van der Waals surface area contributed by atoms with Gasteiger partial charge in [-0.15, -0.1) is 0 Å². The lowest BCUT2D eigenvalue weighted by atomic mass is 9.70. The van der Waals surface area contributed by atoms with Crippen LogP contribution in [0.4, 0.5) is 0 Å². The van der Waals surface area contributed by atoms with Gasteiger partial charge < -0.3 is 20.4 Å². The number of hydrogen-bond donors (Lipinski definition) is 4. The molecule has 0 atom stereocenters. The largest absolute Gasteiger partial charge is 0.481 e. The van der Waals surface area contributed by atoms with E-state index in [4.69, 9.17) is 20.4 Å². The lowest BCUT2D eigenvalue weighted by Crippen LogP contribution is -2.21. The second-order valence-corrected chi connectivity index (χ2v) is 15.0. The summed E-state index contributed by atoms with van der Waals surface area (Å²) in [4.78, 5) is 43.1. The summed E-state index contributed by atoms with van der Waals surface area (Å²) >= 11 is 0. The molecule has 0 aliphatic carbocycles. The van der Waals surface area contributed by atoms with Crippen molar-refractivity contribution in [2.75, 3.05) is 0 Å². The predicted octanol–water partition coefficient (Wildman–Crippen LogP) is 12.4. The highest BCUT2D eigenvalue weighted by Gasteiger charge is 2.28. The molecule has 0 saturated carbocycles. The maximum atomic E-state index is 10.8. The minimum Gasteiger partial charge on any atom is -0.481 e. The van der Waals surface area contributed by atoms with Gasteiger partial charge >= 0.3 is 23.9 Å². The van der Waals surface area contributed by atoms with Gasteiger partial charge in [0, 0.05) is 25.7 Å². The normalized spacial score (nSPS) is 11.6. The van der Waals surface area contributed by atoms with Gasteiger partial charge in [-0.2, -0.15) is 0 Å². The molecule has 0 spiro atoms. The quantitative estimate of drug-likeness (QED) is 0.0462. The first-order valence-corrected chi connectivity index (χ1v) is 20.5. The van der Waals surface area contributed by atoms with Crippen molar-refractivity contribution in [3.05, 3.63) is 0 Å². The fraction of sp³-hybridized carbons (Fsp3) is 0.902. The van der Waals surface area contributed by atoms with Crippen molar-refractivity contribution < 1.29 is 39.6 Å². The van der Waals surface area contributed by atoms with Gasteiger partial charge in [0.15, 0.2) is 0 Å². The second-order valence-electron chi connectivity index (χ2n) is 15.0. The third kappa shape index (κ3) is 35.5. The molecule has 49 heavy (non-hydrogen) atoms. The molecule has 0 radical (unpaired) electrons. The third-order valence-electron chi connectivity index (χ3n) is 10.4. The number of rotatable bonds is 40. The maximum absolute atomic E-state index is 10.8. The van der Waals surface area contributed by atoms with Crippen molar-refractivity contribution >= 4 is 23.9 Å². The Kier molecular flexibility index (Phi) is 32.8. The summed E-state index contributed by atoms with van der Waals surface area (Å²) in [6, 6.07) is 0. The van der Waals surface area contributed by atoms with Crippen molar-refractivity contribution in [1.82, 2.24) is 0 Å². The van der Waals surface area contributed by atoms with Gasteiger partial charge in [-0.3, -0.25) is 19.2 Å². The molecule has 8 nitrogen and oxygen atoms in total. The molecule has 0 aromatic heterocycles. The number of aliphatic carboxylic acids is 4. The summed E-state index contributed by atoms with van der Waals surface area (Å²) in [6.45, 7) is 0. The van der Waals surface area contributed by atoms with Crippen molar-refractivity contribution in [2.45, 2.75) is 231 Å². The van der Waals surface area contributed by atoms with Gasteiger partial charge in [-0.25, -0.2) is 0 Å². The lowest BCUT2D eigenvalue weighted by Gasteiger charge is -2.35. The summed E-state index contributed by atoms with van der Waals surface area (Å²) < 4.78 is 0. The van der Waals surface area contributed by atoms with Gasteiger partial charge in [0.2, 0.25) is 0 Å². The van der Waals surface area contributed by atoms with E-state index >= 15 is 0 Å². The summed E-state index contributed by atoms with van der Waals surface area (Å²) in [7, 11) is 0. The molecule has 0 aromatic carbocycles. The molecule has 0 unspecified atom stereocenters. The van der Waals surface area contributed by atoms with E-state index in [0.29, 0.717) is 5.41 Å². The van der Waals surface area contributed by atoms with Crippen LogP contribution >= 0.6 is 0 Å². The number of carboxylic acid groups (broad SMARTS) is 4. The Labute approximate surface area is 299 Å². The zero-order valence-electron chi connectivity index (χ0n) is 31.4. The molecule has 0 aliphatic rings. The van der Waals surface area contributed by atoms with Crippen LogP contribution < -0.4 is 0 Å². The van der Waals surface area contributed by atoms with Crippen LogP contribution in [0.5, 0.6) is 0 Å². The monoisotopic (exact) mass is 697 g/mol. The highest BCUT2D eigenvalue weighted by atomic mass is 16.4. The Hall–Kier alpha value is -2.12. The van der Waals surface area contributed by atoms with Crippen molar-refractivity contribution in [1.29, 1.82) is 0 Å². The smallest absolute Gasteiger partial charge is 0.303 e. The molecule has 0 aliphatic heterocycles. The van der Waals surface area contributed by atoms with Gasteiger partial charge in [0.05, 0.1) is 0 Å². The van der Waals surface area contributed by atoms with E-state index in [9.17, 15) is 19.2 Å². The van der Waals surface area contributed by atoms with Crippen LogP contribution in [0.3, 0.4) is 0 Å². The van der Waals surface area contributed by atoms with Crippen LogP contribution in [-0.4, -0.2) is 44.3 Å². The zero-order chi connectivity index (χ0) is 36.3. The molecular weight excluding hydrogens is 620 g/mol. The Bertz CT molecular complexity index is 678. The molecule has 0 rings (SSSR count). The van der Waals surface area contributed by atoms with Crippen molar-refractivity contribution in [3.63, 3.8) is 0 Å². The minimum absolute atomic E-state index is 0.280. The van der Waals surface area contributed by atoms with Crippen LogP contribution in [0.2, 0.25) is 0 Å². The fourth-order valence-corrected chi connectivity index (χ4v) is 7.39. The molecule has 8 heteroatoms. The van der Waals surface area contributed by atoms with E-state index < -0.39 is 23.9 Å². The molecule has 0 amide bonds. The van der Waals surface area contributed by atoms with Gasteiger partial charge in [0.25, 0.3) is 0 Å². The first kappa shape index (κ1) is 46.9. The van der Waals surface area contributed by atoms with Crippen LogP contribution in [0.15, 0.2) is 0 Å². The van der Waals surface area contributed by atoms with E-state index in [0.717, 1.165) is 77.0 Å². The average Bonchev–Trinajstić information content (AvgIpc) is 3.04. The third-order valence-corrected chi connectivity index (χ3v) is 10.4. The zero-order valence-corrected chi connectivity index (χ0v) is 31.4. The molecule has 4 N–H and O–H groups in total. The number of carboxylic acids is 4. The van der Waals surface area contributed by atoms with Crippen LogP contribution in [0.1, 0.15) is 231 Å². The molecule has 0 bridgehead atoms. The molecule has 0 aromatic rings. The molecule has 0 saturated heterocycles. The molecule has 288 valence electrons. The average molecular weight is 697 g/mol. The first-order valence-electron chi connectivity index (χ1n) is 20.5. The lowest BCUT2D eigenvalue weighted by molar-refractivity contribution is -0.138. The summed E-state index contributed by atoms with van der Waals surface area (Å²) in [5.74, 6) is -2.78. The number of hydrogen-bond acceptors (Lipinski definition) is 4. The Morgan fingerprint density at radius 3 is 0.551 bits per heavy atom.